The monoisotopic (exact) mass is 289 g/mol. The fourth-order valence-corrected chi connectivity index (χ4v) is 2.52. The second-order valence-electron chi connectivity index (χ2n) is 4.18. The van der Waals surface area contributed by atoms with Crippen molar-refractivity contribution < 1.29 is 18.4 Å². The first-order valence-electron chi connectivity index (χ1n) is 5.51. The van der Waals surface area contributed by atoms with Gasteiger partial charge in [0.15, 0.2) is 6.20 Å². The number of nitrogens with one attached hydrogen (secondary N) is 1. The third kappa shape index (κ3) is 3.94. The molecule has 1 heterocycles. The third-order valence-corrected chi connectivity index (χ3v) is 4.24. The van der Waals surface area contributed by atoms with Crippen molar-refractivity contribution in [3.8, 4) is 0 Å². The maximum absolute atomic E-state index is 11.9. The van der Waals surface area contributed by atoms with Crippen LogP contribution in [0.2, 0.25) is 0 Å². The molecule has 1 rings (SSSR count). The maximum atomic E-state index is 11.9. The lowest BCUT2D eigenvalue weighted by Gasteiger charge is -2.18. The smallest absolute Gasteiger partial charge is 0.363 e. The summed E-state index contributed by atoms with van der Waals surface area (Å²) in [5.41, 5.74) is 0. The van der Waals surface area contributed by atoms with E-state index in [-0.39, 0.29) is 17.4 Å². The molecule has 0 aliphatic carbocycles. The SMILES string of the molecule is CC(CO)C(C)NS(=O)(=O)c1ccc([N+](=O)[O-])nc1. The normalized spacial score (nSPS) is 14.9. The highest BCUT2D eigenvalue weighted by molar-refractivity contribution is 7.89. The van der Waals surface area contributed by atoms with Gasteiger partial charge in [0.2, 0.25) is 10.0 Å². The van der Waals surface area contributed by atoms with Gasteiger partial charge >= 0.3 is 5.82 Å². The molecule has 0 aromatic carbocycles. The number of hydrogen-bond donors (Lipinski definition) is 2. The van der Waals surface area contributed by atoms with E-state index in [0.717, 1.165) is 18.3 Å². The molecule has 0 fully saturated rings. The van der Waals surface area contributed by atoms with Crippen LogP contribution in [0.5, 0.6) is 0 Å². The zero-order valence-electron chi connectivity index (χ0n) is 10.5. The Kier molecular flexibility index (Phi) is 4.92. The minimum Gasteiger partial charge on any atom is -0.396 e. The van der Waals surface area contributed by atoms with Gasteiger partial charge in [-0.05, 0) is 28.8 Å². The van der Waals surface area contributed by atoms with E-state index in [1.54, 1.807) is 13.8 Å². The van der Waals surface area contributed by atoms with Crippen LogP contribution >= 0.6 is 0 Å². The predicted octanol–water partition coefficient (Wildman–Crippen LogP) is 0.285. The molecule has 0 aliphatic rings. The molecule has 0 aliphatic heterocycles. The van der Waals surface area contributed by atoms with Crippen molar-refractivity contribution in [1.29, 1.82) is 0 Å². The van der Waals surface area contributed by atoms with Crippen molar-refractivity contribution in [2.75, 3.05) is 6.61 Å². The lowest BCUT2D eigenvalue weighted by Crippen LogP contribution is -2.38. The van der Waals surface area contributed by atoms with Gasteiger partial charge in [-0.1, -0.05) is 6.92 Å². The molecule has 2 N–H and O–H groups in total. The molecule has 0 saturated carbocycles. The first kappa shape index (κ1) is 15.5. The van der Waals surface area contributed by atoms with Crippen molar-refractivity contribution in [3.05, 3.63) is 28.4 Å². The molecule has 2 unspecified atom stereocenters. The summed E-state index contributed by atoms with van der Waals surface area (Å²) in [5.74, 6) is -0.670. The Morgan fingerprint density at radius 1 is 1.47 bits per heavy atom. The molecule has 1 aromatic heterocycles. The van der Waals surface area contributed by atoms with Crippen LogP contribution in [0.25, 0.3) is 0 Å². The van der Waals surface area contributed by atoms with Crippen LogP contribution < -0.4 is 4.72 Å². The van der Waals surface area contributed by atoms with E-state index in [4.69, 9.17) is 5.11 Å². The lowest BCUT2D eigenvalue weighted by molar-refractivity contribution is -0.389. The zero-order chi connectivity index (χ0) is 14.6. The summed E-state index contributed by atoms with van der Waals surface area (Å²) in [6.45, 7) is 3.17. The van der Waals surface area contributed by atoms with Gasteiger partial charge in [-0.25, -0.2) is 13.1 Å². The van der Waals surface area contributed by atoms with Crippen LogP contribution in [0.3, 0.4) is 0 Å². The van der Waals surface area contributed by atoms with Crippen LogP contribution in [0.15, 0.2) is 23.2 Å². The Balaban J connectivity index is 2.91. The van der Waals surface area contributed by atoms with Crippen LogP contribution in [0.4, 0.5) is 5.82 Å². The van der Waals surface area contributed by atoms with Crippen molar-refractivity contribution in [2.45, 2.75) is 24.8 Å². The first-order valence-corrected chi connectivity index (χ1v) is 7.00. The topological polar surface area (TPSA) is 122 Å². The highest BCUT2D eigenvalue weighted by Gasteiger charge is 2.22. The summed E-state index contributed by atoms with van der Waals surface area (Å²) in [6.07, 6.45) is 0.927. The van der Waals surface area contributed by atoms with Gasteiger partial charge in [-0.15, -0.1) is 0 Å². The van der Waals surface area contributed by atoms with Crippen LogP contribution in [-0.4, -0.2) is 36.1 Å². The van der Waals surface area contributed by atoms with Crippen molar-refractivity contribution in [2.24, 2.45) is 5.92 Å². The number of nitro groups is 1. The molecule has 0 saturated heterocycles. The number of aromatic nitrogens is 1. The minimum atomic E-state index is -3.80. The molecule has 106 valence electrons. The summed E-state index contributed by atoms with van der Waals surface area (Å²) >= 11 is 0. The van der Waals surface area contributed by atoms with Gasteiger partial charge in [-0.3, -0.25) is 0 Å². The molecular formula is C10H15N3O5S. The Morgan fingerprint density at radius 2 is 2.11 bits per heavy atom. The second kappa shape index (κ2) is 6.04. The fourth-order valence-electron chi connectivity index (χ4n) is 1.23. The molecule has 2 atom stereocenters. The number of sulfonamides is 1. The van der Waals surface area contributed by atoms with E-state index in [9.17, 15) is 18.5 Å². The lowest BCUT2D eigenvalue weighted by atomic mass is 10.1. The highest BCUT2D eigenvalue weighted by atomic mass is 32.2. The molecule has 19 heavy (non-hydrogen) atoms. The highest BCUT2D eigenvalue weighted by Crippen LogP contribution is 2.13. The Morgan fingerprint density at radius 3 is 2.53 bits per heavy atom. The van der Waals surface area contributed by atoms with Crippen molar-refractivity contribution in [1.82, 2.24) is 9.71 Å². The number of aliphatic hydroxyl groups excluding tert-OH is 1. The second-order valence-corrected chi connectivity index (χ2v) is 5.89. The van der Waals surface area contributed by atoms with Gasteiger partial charge in [0.25, 0.3) is 0 Å². The van der Waals surface area contributed by atoms with Crippen molar-refractivity contribution in [3.63, 3.8) is 0 Å². The van der Waals surface area contributed by atoms with Crippen LogP contribution in [-0.2, 0) is 10.0 Å². The minimum absolute atomic E-state index is 0.151. The summed E-state index contributed by atoms with van der Waals surface area (Å²) in [5, 5.41) is 19.4. The maximum Gasteiger partial charge on any atom is 0.363 e. The largest absolute Gasteiger partial charge is 0.396 e. The summed E-state index contributed by atoms with van der Waals surface area (Å²) < 4.78 is 26.3. The number of rotatable bonds is 6. The average molecular weight is 289 g/mol. The predicted molar refractivity (Wildman–Crippen MR) is 66.9 cm³/mol. The molecular weight excluding hydrogens is 274 g/mol. The third-order valence-electron chi connectivity index (χ3n) is 2.70. The van der Waals surface area contributed by atoms with Gasteiger partial charge in [0, 0.05) is 18.7 Å². The van der Waals surface area contributed by atoms with Crippen molar-refractivity contribution >= 4 is 15.8 Å². The molecule has 0 radical (unpaired) electrons. The number of hydrogen-bond acceptors (Lipinski definition) is 6. The number of nitrogens with zero attached hydrogens (tertiary/aromatic N) is 2. The molecule has 8 nitrogen and oxygen atoms in total. The summed E-state index contributed by atoms with van der Waals surface area (Å²) in [4.78, 5) is 13.0. The van der Waals surface area contributed by atoms with Gasteiger partial charge in [0.05, 0.1) is 0 Å². The molecule has 1 aromatic rings. The average Bonchev–Trinajstić information content (AvgIpc) is 2.37. The quantitative estimate of drug-likeness (QED) is 0.573. The van der Waals surface area contributed by atoms with E-state index >= 15 is 0 Å². The Bertz CT molecular complexity index is 543. The molecule has 0 bridgehead atoms. The molecule has 0 amide bonds. The van der Waals surface area contributed by atoms with Gasteiger partial charge in [-0.2, -0.15) is 0 Å². The summed E-state index contributed by atoms with van der Waals surface area (Å²) in [7, 11) is -3.80. The van der Waals surface area contributed by atoms with E-state index in [1.165, 1.54) is 0 Å². The molecule has 0 spiro atoms. The van der Waals surface area contributed by atoms with Crippen LogP contribution in [0.1, 0.15) is 13.8 Å². The number of aliphatic hydroxyl groups is 1. The first-order chi connectivity index (χ1) is 8.77. The zero-order valence-corrected chi connectivity index (χ0v) is 11.3. The van der Waals surface area contributed by atoms with E-state index < -0.39 is 26.8 Å². The van der Waals surface area contributed by atoms with E-state index in [0.29, 0.717) is 0 Å². The van der Waals surface area contributed by atoms with Gasteiger partial charge < -0.3 is 15.2 Å². The Labute approximate surface area is 110 Å². The molecule has 9 heteroatoms. The van der Waals surface area contributed by atoms with Crippen LogP contribution in [0, 0.1) is 16.0 Å². The van der Waals surface area contributed by atoms with E-state index in [2.05, 4.69) is 9.71 Å². The Hall–Kier alpha value is -1.58. The fraction of sp³-hybridized carbons (Fsp3) is 0.500. The van der Waals surface area contributed by atoms with E-state index in [1.807, 2.05) is 0 Å². The van der Waals surface area contributed by atoms with Gasteiger partial charge in [0.1, 0.15) is 4.90 Å². The number of pyridine rings is 1. The standard InChI is InChI=1S/C10H15N3O5S/c1-7(6-14)8(2)12-19(17,18)9-3-4-10(11-5-9)13(15)16/h3-5,7-8,12,14H,6H2,1-2H3. The summed E-state index contributed by atoms with van der Waals surface area (Å²) in [6, 6.07) is 1.67.